The van der Waals surface area contributed by atoms with Crippen molar-refractivity contribution in [1.82, 2.24) is 0 Å². The van der Waals surface area contributed by atoms with Crippen molar-refractivity contribution in [3.8, 4) is 0 Å². The van der Waals surface area contributed by atoms with Crippen molar-refractivity contribution in [2.24, 2.45) is 50.2 Å². The number of aliphatic hydroxyl groups excluding tert-OH is 9. The van der Waals surface area contributed by atoms with Crippen LogP contribution in [0.4, 0.5) is 0 Å². The number of carbonyl (C=O) groups excluding carboxylic acids is 1. The van der Waals surface area contributed by atoms with E-state index >= 15 is 0 Å². The van der Waals surface area contributed by atoms with Gasteiger partial charge in [0.25, 0.3) is 0 Å². The standard InChI is InChI=1S/C48H76O18/c1-21-29(52)31(54)35(58)40(61-21)65-37-32(55)30(53)24(19-49)62-41(37)66-38-34(57)33(56)36(39(59)60)64-42(38)63-28-12-13-45(5)25(46(28,6)20-50)11-14-48(8)26(45)10-9-22-23-17-43(2,3)18-27(51)44(23,4)15-16-47(22,48)7/h9,20-21,23-38,40-42,49,51-58H,10-19H2,1-8H3,(H,59,60)/t21-,23-,24+,25?,26+,27+,28-,29-,30-,31+,32-,33-,34-,35+,36-,37+,38+,40-,41-,42+,44+,45-,46+,47+,48+/m0/s1. The Labute approximate surface area is 386 Å². The van der Waals surface area contributed by atoms with Crippen LogP contribution in [0.2, 0.25) is 0 Å². The Morgan fingerprint density at radius 1 is 0.697 bits per heavy atom. The maximum atomic E-state index is 13.7. The van der Waals surface area contributed by atoms with Gasteiger partial charge in [0.05, 0.1) is 30.3 Å². The molecule has 3 saturated heterocycles. The minimum absolute atomic E-state index is 0.00548. The van der Waals surface area contributed by atoms with E-state index in [-0.39, 0.29) is 50.9 Å². The van der Waals surface area contributed by atoms with Crippen molar-refractivity contribution in [1.29, 1.82) is 0 Å². The number of aldehydes is 1. The van der Waals surface area contributed by atoms with Gasteiger partial charge in [-0.25, -0.2) is 4.79 Å². The van der Waals surface area contributed by atoms with Crippen molar-refractivity contribution in [2.75, 3.05) is 6.61 Å². The molecule has 376 valence electrons. The summed E-state index contributed by atoms with van der Waals surface area (Å²) in [6, 6.07) is 0. The molecule has 25 atom stereocenters. The Kier molecular flexibility index (Phi) is 13.5. The summed E-state index contributed by atoms with van der Waals surface area (Å²) in [5.74, 6) is -1.36. The summed E-state index contributed by atoms with van der Waals surface area (Å²) in [6.45, 7) is 16.4. The average molecular weight is 941 g/mol. The smallest absolute Gasteiger partial charge is 0.335 e. The minimum atomic E-state index is -2.09. The van der Waals surface area contributed by atoms with E-state index in [0.717, 1.165) is 44.8 Å². The van der Waals surface area contributed by atoms with Crippen LogP contribution in [0.15, 0.2) is 11.6 Å². The molecule has 0 radical (unpaired) electrons. The lowest BCUT2D eigenvalue weighted by Crippen LogP contribution is -2.68. The van der Waals surface area contributed by atoms with Crippen LogP contribution in [0.25, 0.3) is 0 Å². The SMILES string of the molecule is C[C@@H]1O[C@@H](O[C@H]2[C@H](O[C@H]3[C@H](O[C@H]4CC[C@@]5(C)C(CC[C@]6(C)[C@@H]5CC=C5[C@@H]7CC(C)(C)C[C@@H](O)[C@]7(C)CC[C@]56C)[C@@]4(C)C=O)O[C@H](C(=O)O)[C@@H](O)[C@@H]3O)O[C@H](CO)[C@H](O)[C@@H]2O)[C@H](O)[C@H](O)[C@H]1O. The van der Waals surface area contributed by atoms with Gasteiger partial charge in [-0.1, -0.05) is 60.1 Å². The third-order valence-corrected chi connectivity index (χ3v) is 19.3. The molecule has 7 fully saturated rings. The normalized spacial score (nSPS) is 55.9. The van der Waals surface area contributed by atoms with Crippen LogP contribution in [0.1, 0.15) is 113 Å². The highest BCUT2D eigenvalue weighted by Crippen LogP contribution is 2.75. The Morgan fingerprint density at radius 3 is 1.97 bits per heavy atom. The molecule has 0 spiro atoms. The summed E-state index contributed by atoms with van der Waals surface area (Å²) in [4.78, 5) is 26.2. The summed E-state index contributed by atoms with van der Waals surface area (Å²) in [7, 11) is 0. The summed E-state index contributed by atoms with van der Waals surface area (Å²) < 4.78 is 36.0. The van der Waals surface area contributed by atoms with Gasteiger partial charge in [0, 0.05) is 5.41 Å². The van der Waals surface area contributed by atoms with Crippen molar-refractivity contribution in [2.45, 2.75) is 218 Å². The monoisotopic (exact) mass is 941 g/mol. The molecule has 18 nitrogen and oxygen atoms in total. The zero-order valence-corrected chi connectivity index (χ0v) is 39.5. The highest BCUT2D eigenvalue weighted by Gasteiger charge is 2.70. The van der Waals surface area contributed by atoms with Gasteiger partial charge in [-0.15, -0.1) is 0 Å². The second-order valence-electron chi connectivity index (χ2n) is 23.4. The van der Waals surface area contributed by atoms with Crippen LogP contribution in [-0.4, -0.2) is 174 Å². The highest BCUT2D eigenvalue weighted by molar-refractivity contribution is 5.73. The summed E-state index contributed by atoms with van der Waals surface area (Å²) >= 11 is 0. The van der Waals surface area contributed by atoms with E-state index in [2.05, 4.69) is 47.6 Å². The summed E-state index contributed by atoms with van der Waals surface area (Å²) in [5.41, 5.74) is -0.466. The van der Waals surface area contributed by atoms with Crippen LogP contribution < -0.4 is 0 Å². The number of carboxylic acids is 1. The van der Waals surface area contributed by atoms with Crippen molar-refractivity contribution < 1.29 is 89.1 Å². The maximum Gasteiger partial charge on any atom is 0.335 e. The van der Waals surface area contributed by atoms with Crippen LogP contribution in [0.3, 0.4) is 0 Å². The molecule has 0 amide bonds. The van der Waals surface area contributed by atoms with E-state index in [4.69, 9.17) is 28.4 Å². The van der Waals surface area contributed by atoms with Gasteiger partial charge in [-0.3, -0.25) is 0 Å². The lowest BCUT2D eigenvalue weighted by Gasteiger charge is -2.71. The summed E-state index contributed by atoms with van der Waals surface area (Å²) in [5, 5.41) is 108. The van der Waals surface area contributed by atoms with E-state index in [1.165, 1.54) is 12.5 Å². The lowest BCUT2D eigenvalue weighted by molar-refractivity contribution is -0.395. The van der Waals surface area contributed by atoms with Gasteiger partial charge in [0.2, 0.25) is 0 Å². The second-order valence-corrected chi connectivity index (χ2v) is 23.4. The summed E-state index contributed by atoms with van der Waals surface area (Å²) in [6.07, 6.45) is -17.4. The first-order valence-electron chi connectivity index (χ1n) is 24.1. The molecule has 0 aromatic heterocycles. The number of carboxylic acid groups (broad SMARTS) is 1. The quantitative estimate of drug-likeness (QED) is 0.0873. The molecule has 10 N–H and O–H groups in total. The first-order chi connectivity index (χ1) is 30.7. The number of ether oxygens (including phenoxy) is 6. The largest absolute Gasteiger partial charge is 0.479 e. The van der Waals surface area contributed by atoms with E-state index < -0.39 is 116 Å². The molecule has 4 saturated carbocycles. The molecule has 8 rings (SSSR count). The molecule has 18 heteroatoms. The number of aliphatic hydroxyl groups is 9. The Balaban J connectivity index is 1.08. The highest BCUT2D eigenvalue weighted by atomic mass is 16.8. The minimum Gasteiger partial charge on any atom is -0.479 e. The lowest BCUT2D eigenvalue weighted by atomic mass is 9.33. The van der Waals surface area contributed by atoms with Gasteiger partial charge in [0.1, 0.15) is 67.3 Å². The third kappa shape index (κ3) is 7.70. The molecule has 0 aromatic rings. The fourth-order valence-corrected chi connectivity index (χ4v) is 15.0. The molecule has 66 heavy (non-hydrogen) atoms. The topological polar surface area (TPSA) is 292 Å². The molecule has 3 aliphatic heterocycles. The Morgan fingerprint density at radius 2 is 1.33 bits per heavy atom. The number of fused-ring (bicyclic) bond motifs is 7. The number of carbonyl (C=O) groups is 2. The molecule has 5 aliphatic carbocycles. The third-order valence-electron chi connectivity index (χ3n) is 19.3. The number of rotatable bonds is 9. The van der Waals surface area contributed by atoms with Gasteiger partial charge in [0.15, 0.2) is 25.0 Å². The van der Waals surface area contributed by atoms with Gasteiger partial charge in [-0.2, -0.15) is 0 Å². The second kappa shape index (κ2) is 17.5. The first-order valence-corrected chi connectivity index (χ1v) is 24.1. The van der Waals surface area contributed by atoms with Gasteiger partial charge in [-0.05, 0) is 104 Å². The number of allylic oxidation sites excluding steroid dienone is 2. The molecule has 1 unspecified atom stereocenters. The number of aliphatic carboxylic acids is 1. The average Bonchev–Trinajstić information content (AvgIpc) is 3.25. The van der Waals surface area contributed by atoms with E-state index in [1.807, 2.05) is 6.92 Å². The van der Waals surface area contributed by atoms with E-state index in [9.17, 15) is 60.7 Å². The number of hydrogen-bond donors (Lipinski definition) is 10. The van der Waals surface area contributed by atoms with Gasteiger partial charge >= 0.3 is 5.97 Å². The molecular weight excluding hydrogens is 865 g/mol. The van der Waals surface area contributed by atoms with Crippen molar-refractivity contribution in [3.63, 3.8) is 0 Å². The number of hydrogen-bond acceptors (Lipinski definition) is 17. The van der Waals surface area contributed by atoms with Crippen LogP contribution >= 0.6 is 0 Å². The predicted octanol–water partition coefficient (Wildman–Crippen LogP) is 0.911. The first kappa shape index (κ1) is 50.7. The predicted molar refractivity (Wildman–Crippen MR) is 230 cm³/mol. The zero-order chi connectivity index (χ0) is 48.4. The maximum absolute atomic E-state index is 13.7. The molecule has 0 bridgehead atoms. The van der Waals surface area contributed by atoms with E-state index in [1.54, 1.807) is 0 Å². The molecule has 0 aromatic carbocycles. The zero-order valence-electron chi connectivity index (χ0n) is 39.5. The Bertz CT molecular complexity index is 1850. The van der Waals surface area contributed by atoms with Crippen LogP contribution in [0.5, 0.6) is 0 Å². The van der Waals surface area contributed by atoms with Crippen LogP contribution in [0, 0.1) is 50.2 Å². The Hall–Kier alpha value is -1.72. The molecule has 3 heterocycles. The van der Waals surface area contributed by atoms with Crippen molar-refractivity contribution >= 4 is 12.3 Å². The fraction of sp³-hybridized carbons (Fsp3) is 0.917. The van der Waals surface area contributed by atoms with E-state index in [0.29, 0.717) is 19.3 Å². The molecular formula is C48H76O18. The fourth-order valence-electron chi connectivity index (χ4n) is 15.0. The molecule has 8 aliphatic rings. The van der Waals surface area contributed by atoms with Gasteiger partial charge < -0.3 is 84.3 Å². The van der Waals surface area contributed by atoms with Crippen LogP contribution in [-0.2, 0) is 38.0 Å². The van der Waals surface area contributed by atoms with Crippen molar-refractivity contribution in [3.05, 3.63) is 11.6 Å².